The zero-order chi connectivity index (χ0) is 19.4. The van der Waals surface area contributed by atoms with Gasteiger partial charge in [0.15, 0.2) is 0 Å². The van der Waals surface area contributed by atoms with Crippen LogP contribution in [0.2, 0.25) is 0 Å². The van der Waals surface area contributed by atoms with Gasteiger partial charge in [0.1, 0.15) is 5.82 Å². The first kappa shape index (κ1) is 19.6. The van der Waals surface area contributed by atoms with E-state index < -0.39 is 0 Å². The van der Waals surface area contributed by atoms with Crippen molar-refractivity contribution in [1.82, 2.24) is 10.3 Å². The number of carbonyl (C=O) groups excluding carboxylic acids is 1. The van der Waals surface area contributed by atoms with Crippen LogP contribution < -0.4 is 10.6 Å². The Morgan fingerprint density at radius 3 is 2.04 bits per heavy atom. The Morgan fingerprint density at radius 1 is 0.786 bits per heavy atom. The van der Waals surface area contributed by atoms with Crippen molar-refractivity contribution in [3.8, 4) is 0 Å². The number of pyridine rings is 1. The van der Waals surface area contributed by atoms with E-state index in [1.807, 2.05) is 30.3 Å². The molecule has 0 spiro atoms. The number of carbonyl (C=O) groups is 1. The second-order valence-electron chi connectivity index (χ2n) is 6.79. The van der Waals surface area contributed by atoms with Gasteiger partial charge in [-0.3, -0.25) is 4.79 Å². The van der Waals surface area contributed by atoms with Crippen molar-refractivity contribution in [3.63, 3.8) is 0 Å². The van der Waals surface area contributed by atoms with Crippen LogP contribution in [0, 0.1) is 0 Å². The molecule has 0 atom stereocenters. The molecule has 4 heteroatoms. The number of nitrogens with one attached hydrogen (secondary N) is 2. The van der Waals surface area contributed by atoms with E-state index in [1.165, 1.54) is 11.1 Å². The lowest BCUT2D eigenvalue weighted by Gasteiger charge is -2.09. The fourth-order valence-corrected chi connectivity index (χ4v) is 3.06. The summed E-state index contributed by atoms with van der Waals surface area (Å²) in [7, 11) is 0. The first-order valence-corrected chi connectivity index (χ1v) is 9.87. The Bertz CT molecular complexity index is 850. The lowest BCUT2D eigenvalue weighted by Crippen LogP contribution is -2.25. The van der Waals surface area contributed by atoms with Crippen LogP contribution in [0.25, 0.3) is 0 Å². The van der Waals surface area contributed by atoms with Crippen LogP contribution in [0.3, 0.4) is 0 Å². The normalized spacial score (nSPS) is 10.4. The third-order valence-electron chi connectivity index (χ3n) is 4.58. The monoisotopic (exact) mass is 373 g/mol. The first-order valence-electron chi connectivity index (χ1n) is 9.87. The molecule has 144 valence electrons. The van der Waals surface area contributed by atoms with E-state index in [-0.39, 0.29) is 5.91 Å². The molecule has 28 heavy (non-hydrogen) atoms. The van der Waals surface area contributed by atoms with E-state index in [1.54, 1.807) is 12.3 Å². The van der Waals surface area contributed by atoms with E-state index in [0.29, 0.717) is 12.1 Å². The number of amides is 1. The Balaban J connectivity index is 1.38. The molecule has 0 unspecified atom stereocenters. The highest BCUT2D eigenvalue weighted by Gasteiger charge is 2.06. The molecule has 0 aliphatic carbocycles. The third-order valence-corrected chi connectivity index (χ3v) is 4.58. The Labute approximate surface area is 167 Å². The maximum absolute atomic E-state index is 12.4. The van der Waals surface area contributed by atoms with Gasteiger partial charge < -0.3 is 10.6 Å². The van der Waals surface area contributed by atoms with Gasteiger partial charge in [0, 0.05) is 24.8 Å². The van der Waals surface area contributed by atoms with Gasteiger partial charge in [0.05, 0.1) is 0 Å². The lowest BCUT2D eigenvalue weighted by atomic mass is 10.1. The SMILES string of the molecule is O=C(NCCCc1ccccc1)c1ccnc(NCCCc2ccccc2)c1. The highest BCUT2D eigenvalue weighted by Crippen LogP contribution is 2.08. The zero-order valence-electron chi connectivity index (χ0n) is 16.1. The number of hydrogen-bond acceptors (Lipinski definition) is 3. The number of benzene rings is 2. The van der Waals surface area contributed by atoms with Crippen molar-refractivity contribution < 1.29 is 4.79 Å². The Kier molecular flexibility index (Phi) is 7.62. The van der Waals surface area contributed by atoms with E-state index in [4.69, 9.17) is 0 Å². The van der Waals surface area contributed by atoms with Crippen LogP contribution in [0.15, 0.2) is 79.0 Å². The number of aryl methyl sites for hydroxylation is 2. The molecule has 2 N–H and O–H groups in total. The number of anilines is 1. The molecule has 3 rings (SSSR count). The van der Waals surface area contributed by atoms with Gasteiger partial charge in [-0.25, -0.2) is 4.98 Å². The van der Waals surface area contributed by atoms with Crippen molar-refractivity contribution in [2.24, 2.45) is 0 Å². The molecule has 1 aromatic heterocycles. The maximum Gasteiger partial charge on any atom is 0.251 e. The smallest absolute Gasteiger partial charge is 0.251 e. The van der Waals surface area contributed by atoms with E-state index in [9.17, 15) is 4.79 Å². The molecule has 2 aromatic carbocycles. The highest BCUT2D eigenvalue weighted by atomic mass is 16.1. The second kappa shape index (κ2) is 10.9. The standard InChI is InChI=1S/C24H27N3O/c28-24(27-17-8-14-21-11-5-2-6-12-21)22-15-18-26-23(19-22)25-16-7-13-20-9-3-1-4-10-20/h1-6,9-12,15,18-19H,7-8,13-14,16-17H2,(H,25,26)(H,27,28). The molecule has 1 amide bonds. The molecular formula is C24H27N3O. The summed E-state index contributed by atoms with van der Waals surface area (Å²) in [6.07, 6.45) is 5.60. The van der Waals surface area contributed by atoms with Crippen LogP contribution in [-0.4, -0.2) is 24.0 Å². The molecule has 0 saturated carbocycles. The molecule has 0 radical (unpaired) electrons. The van der Waals surface area contributed by atoms with Gasteiger partial charge in [-0.15, -0.1) is 0 Å². The molecule has 0 fully saturated rings. The quantitative estimate of drug-likeness (QED) is 0.515. The van der Waals surface area contributed by atoms with Crippen molar-refractivity contribution >= 4 is 11.7 Å². The van der Waals surface area contributed by atoms with Crippen molar-refractivity contribution in [2.75, 3.05) is 18.4 Å². The first-order chi connectivity index (χ1) is 13.8. The highest BCUT2D eigenvalue weighted by molar-refractivity contribution is 5.94. The van der Waals surface area contributed by atoms with Gasteiger partial charge in [-0.2, -0.15) is 0 Å². The van der Waals surface area contributed by atoms with Crippen molar-refractivity contribution in [3.05, 3.63) is 95.7 Å². The van der Waals surface area contributed by atoms with Gasteiger partial charge >= 0.3 is 0 Å². The summed E-state index contributed by atoms with van der Waals surface area (Å²) in [6.45, 7) is 1.49. The van der Waals surface area contributed by atoms with Crippen LogP contribution in [0.5, 0.6) is 0 Å². The predicted octanol–water partition coefficient (Wildman–Crippen LogP) is 4.49. The number of aromatic nitrogens is 1. The number of nitrogens with zero attached hydrogens (tertiary/aromatic N) is 1. The van der Waals surface area contributed by atoms with Gasteiger partial charge in [-0.1, -0.05) is 60.7 Å². The largest absolute Gasteiger partial charge is 0.370 e. The summed E-state index contributed by atoms with van der Waals surface area (Å²) in [5.74, 6) is 0.688. The third kappa shape index (κ3) is 6.54. The predicted molar refractivity (Wildman–Crippen MR) is 115 cm³/mol. The Morgan fingerprint density at radius 2 is 1.39 bits per heavy atom. The van der Waals surface area contributed by atoms with Gasteiger partial charge in [-0.05, 0) is 48.9 Å². The number of rotatable bonds is 10. The zero-order valence-corrected chi connectivity index (χ0v) is 16.1. The van der Waals surface area contributed by atoms with Gasteiger partial charge in [0.2, 0.25) is 0 Å². The average molecular weight is 374 g/mol. The minimum atomic E-state index is -0.0530. The van der Waals surface area contributed by atoms with Crippen LogP contribution in [-0.2, 0) is 12.8 Å². The lowest BCUT2D eigenvalue weighted by molar-refractivity contribution is 0.0953. The summed E-state index contributed by atoms with van der Waals surface area (Å²) in [6, 6.07) is 24.3. The molecule has 1 heterocycles. The molecule has 0 aliphatic heterocycles. The molecule has 3 aromatic rings. The fourth-order valence-electron chi connectivity index (χ4n) is 3.06. The van der Waals surface area contributed by atoms with Crippen LogP contribution >= 0.6 is 0 Å². The summed E-state index contributed by atoms with van der Waals surface area (Å²) in [5, 5.41) is 6.30. The molecule has 4 nitrogen and oxygen atoms in total. The van der Waals surface area contributed by atoms with Crippen LogP contribution in [0.4, 0.5) is 5.82 Å². The average Bonchev–Trinajstić information content (AvgIpc) is 2.76. The van der Waals surface area contributed by atoms with E-state index in [0.717, 1.165) is 38.0 Å². The number of hydrogen-bond donors (Lipinski definition) is 2. The minimum absolute atomic E-state index is 0.0530. The fraction of sp³-hybridized carbons (Fsp3) is 0.250. The molecule has 0 bridgehead atoms. The minimum Gasteiger partial charge on any atom is -0.370 e. The summed E-state index contributed by atoms with van der Waals surface area (Å²) in [4.78, 5) is 16.7. The van der Waals surface area contributed by atoms with E-state index >= 15 is 0 Å². The summed E-state index contributed by atoms with van der Waals surface area (Å²) >= 11 is 0. The maximum atomic E-state index is 12.4. The molecule has 0 aliphatic rings. The summed E-state index contributed by atoms with van der Waals surface area (Å²) < 4.78 is 0. The Hall–Kier alpha value is -3.14. The van der Waals surface area contributed by atoms with E-state index in [2.05, 4.69) is 52.0 Å². The summed E-state index contributed by atoms with van der Waals surface area (Å²) in [5.41, 5.74) is 3.27. The second-order valence-corrected chi connectivity index (χ2v) is 6.79. The van der Waals surface area contributed by atoms with Crippen molar-refractivity contribution in [1.29, 1.82) is 0 Å². The van der Waals surface area contributed by atoms with Crippen LogP contribution in [0.1, 0.15) is 34.3 Å². The molecular weight excluding hydrogens is 346 g/mol. The van der Waals surface area contributed by atoms with Crippen molar-refractivity contribution in [2.45, 2.75) is 25.7 Å². The molecule has 0 saturated heterocycles. The van der Waals surface area contributed by atoms with Gasteiger partial charge in [0.25, 0.3) is 5.91 Å². The topological polar surface area (TPSA) is 54.0 Å².